The first kappa shape index (κ1) is 61.1. The zero-order valence-electron chi connectivity index (χ0n) is 47.0. The summed E-state index contributed by atoms with van der Waals surface area (Å²) in [5, 5.41) is 35.5. The average Bonchev–Trinajstić information content (AvgIpc) is 2.15. The molecule has 2 atom stereocenters. The molecule has 2 heterocycles. The maximum atomic E-state index is 14.3. The highest BCUT2D eigenvalue weighted by Crippen LogP contribution is 2.45. The highest BCUT2D eigenvalue weighted by Gasteiger charge is 2.55. The van der Waals surface area contributed by atoms with Crippen LogP contribution in [0.25, 0.3) is 0 Å². The van der Waals surface area contributed by atoms with E-state index in [1.807, 2.05) is 65.8 Å². The normalized spacial score (nSPS) is 16.0. The molecule has 82 heavy (non-hydrogen) atoms. The summed E-state index contributed by atoms with van der Waals surface area (Å²) >= 11 is 0. The molecule has 8 amide bonds. The lowest BCUT2D eigenvalue weighted by Gasteiger charge is -2.30. The molecular weight excluding hydrogens is 1050 g/mol. The Balaban J connectivity index is 0.000000236. The van der Waals surface area contributed by atoms with Gasteiger partial charge >= 0.3 is 12.1 Å². The first-order chi connectivity index (χ1) is 39.6. The third-order valence-corrected chi connectivity index (χ3v) is 13.6. The highest BCUT2D eigenvalue weighted by molar-refractivity contribution is 6.14. The highest BCUT2D eigenvalue weighted by atomic mass is 16.7. The van der Waals surface area contributed by atoms with Gasteiger partial charge in [0, 0.05) is 60.3 Å². The number of carbonyl (C=O) groups excluding carboxylic acids is 6. The van der Waals surface area contributed by atoms with Crippen LogP contribution in [0, 0.1) is 13.8 Å². The Morgan fingerprint density at radius 1 is 0.451 bits per heavy atom. The van der Waals surface area contributed by atoms with Gasteiger partial charge in [-0.25, -0.2) is 9.59 Å². The van der Waals surface area contributed by atoms with Crippen LogP contribution in [-0.2, 0) is 62.4 Å². The number of anilines is 6. The summed E-state index contributed by atoms with van der Waals surface area (Å²) in [6.07, 6.45) is -2.11. The molecule has 6 aromatic carbocycles. The lowest BCUT2D eigenvalue weighted by Crippen LogP contribution is -2.56. The van der Waals surface area contributed by atoms with Gasteiger partial charge in [0.15, 0.2) is 23.7 Å². The molecule has 0 saturated carbocycles. The second-order valence-electron chi connectivity index (χ2n) is 19.4. The Kier molecular flexibility index (Phi) is 21.4. The molecule has 8 N–H and O–H groups in total. The fourth-order valence-corrected chi connectivity index (χ4v) is 9.70. The van der Waals surface area contributed by atoms with Crippen LogP contribution in [-0.4, -0.2) is 98.0 Å². The van der Waals surface area contributed by atoms with Crippen molar-refractivity contribution in [2.45, 2.75) is 91.3 Å². The van der Waals surface area contributed by atoms with Crippen LogP contribution in [0.3, 0.4) is 0 Å². The van der Waals surface area contributed by atoms with E-state index in [0.717, 1.165) is 11.1 Å². The maximum Gasteiger partial charge on any atom is 0.320 e. The van der Waals surface area contributed by atoms with Gasteiger partial charge in [-0.2, -0.15) is 0 Å². The number of aliphatic hydroxyl groups is 2. The third kappa shape index (κ3) is 15.1. The predicted octanol–water partition coefficient (Wildman–Crippen LogP) is 8.56. The van der Waals surface area contributed by atoms with Crippen LogP contribution >= 0.6 is 0 Å². The molecular formula is C62H72N8O12. The zero-order chi connectivity index (χ0) is 58.8. The number of amides is 8. The smallest absolute Gasteiger partial charge is 0.320 e. The summed E-state index contributed by atoms with van der Waals surface area (Å²) in [5.74, 6) is -1.88. The van der Waals surface area contributed by atoms with E-state index in [0.29, 0.717) is 82.8 Å². The fraction of sp³-hybridized carbons (Fsp3) is 0.323. The standard InChI is InChI=1S/2C31H36N4O6/c1-4-40-28(41-5-2)19-35-26-9-7-6-8-25(26)31(29(35)38,34-30(39)33-24-14-10-21(3)11-15-24)18-27(37)32-23-16-12-22(20-36)13-17-23;1-4-40-28(41-5-2)19-35-26-9-7-6-8-25(26)31(29(35)38,18-27(37)32-23-14-10-21(3)11-15-23)34-30(39)33-24-16-12-22(20-36)13-17-24/h2*6-17,28,36H,4-5,18-20H2,1-3H3,(H,32,37)(H2,33,34,39)/t31-;/m1./s1. The van der Waals surface area contributed by atoms with Crippen LogP contribution in [0.2, 0.25) is 0 Å². The van der Waals surface area contributed by atoms with E-state index in [1.54, 1.807) is 121 Å². The van der Waals surface area contributed by atoms with Crippen molar-refractivity contribution in [1.82, 2.24) is 10.6 Å². The topological polar surface area (TPSA) is 258 Å². The molecule has 432 valence electrons. The molecule has 0 fully saturated rings. The van der Waals surface area contributed by atoms with Crippen molar-refractivity contribution in [3.63, 3.8) is 0 Å². The molecule has 8 rings (SSSR count). The van der Waals surface area contributed by atoms with Gasteiger partial charge in [0.05, 0.1) is 50.5 Å². The summed E-state index contributed by atoms with van der Waals surface area (Å²) in [6, 6.07) is 40.7. The Hall–Kier alpha value is -8.50. The van der Waals surface area contributed by atoms with Gasteiger partial charge in [-0.05, 0) is 113 Å². The number of urea groups is 2. The van der Waals surface area contributed by atoms with Crippen molar-refractivity contribution < 1.29 is 57.9 Å². The molecule has 0 bridgehead atoms. The fourth-order valence-electron chi connectivity index (χ4n) is 9.70. The van der Waals surface area contributed by atoms with Crippen LogP contribution in [0.1, 0.15) is 73.9 Å². The van der Waals surface area contributed by atoms with E-state index in [-0.39, 0.29) is 39.1 Å². The van der Waals surface area contributed by atoms with E-state index in [4.69, 9.17) is 18.9 Å². The number of carbonyl (C=O) groups is 6. The van der Waals surface area contributed by atoms with Crippen molar-refractivity contribution in [3.8, 4) is 0 Å². The van der Waals surface area contributed by atoms with Gasteiger partial charge in [0.1, 0.15) is 0 Å². The molecule has 2 aliphatic rings. The Labute approximate surface area is 477 Å². The molecule has 20 heteroatoms. The second kappa shape index (κ2) is 28.8. The number of aliphatic hydroxyl groups excluding tert-OH is 2. The zero-order valence-corrected chi connectivity index (χ0v) is 47.0. The van der Waals surface area contributed by atoms with Crippen LogP contribution in [0.15, 0.2) is 146 Å². The van der Waals surface area contributed by atoms with E-state index in [2.05, 4.69) is 31.9 Å². The van der Waals surface area contributed by atoms with E-state index in [1.165, 1.54) is 9.80 Å². The number of fused-ring (bicyclic) bond motifs is 2. The number of para-hydroxylation sites is 2. The minimum absolute atomic E-state index is 0.0742. The summed E-state index contributed by atoms with van der Waals surface area (Å²) in [4.78, 5) is 85.2. The van der Waals surface area contributed by atoms with Crippen LogP contribution < -0.4 is 41.7 Å². The number of hydrogen-bond acceptors (Lipinski definition) is 12. The Bertz CT molecular complexity index is 2920. The molecule has 1 unspecified atom stereocenters. The molecule has 0 radical (unpaired) electrons. The number of benzene rings is 6. The molecule has 0 aromatic heterocycles. The lowest BCUT2D eigenvalue weighted by molar-refractivity contribution is -0.138. The summed E-state index contributed by atoms with van der Waals surface area (Å²) in [7, 11) is 0. The van der Waals surface area contributed by atoms with E-state index >= 15 is 0 Å². The summed E-state index contributed by atoms with van der Waals surface area (Å²) in [6.45, 7) is 12.7. The van der Waals surface area contributed by atoms with Gasteiger partial charge in [0.25, 0.3) is 11.8 Å². The number of hydrogen-bond donors (Lipinski definition) is 8. The number of nitrogens with one attached hydrogen (secondary N) is 6. The molecule has 2 aliphatic heterocycles. The molecule has 0 saturated heterocycles. The number of ether oxygens (including phenoxy) is 4. The van der Waals surface area contributed by atoms with Crippen molar-refractivity contribution in [1.29, 1.82) is 0 Å². The quantitative estimate of drug-likeness (QED) is 0.0265. The van der Waals surface area contributed by atoms with Crippen molar-refractivity contribution in [2.75, 3.05) is 70.6 Å². The molecule has 6 aromatic rings. The van der Waals surface area contributed by atoms with Crippen molar-refractivity contribution >= 4 is 69.8 Å². The van der Waals surface area contributed by atoms with E-state index < -0.39 is 59.3 Å². The number of rotatable bonds is 24. The number of aryl methyl sites for hydroxylation is 2. The van der Waals surface area contributed by atoms with Gasteiger partial charge in [-0.15, -0.1) is 0 Å². The Morgan fingerprint density at radius 2 is 0.756 bits per heavy atom. The predicted molar refractivity (Wildman–Crippen MR) is 313 cm³/mol. The summed E-state index contributed by atoms with van der Waals surface area (Å²) < 4.78 is 22.8. The number of nitrogens with zero attached hydrogens (tertiary/aromatic N) is 2. The molecule has 20 nitrogen and oxygen atoms in total. The third-order valence-electron chi connectivity index (χ3n) is 13.6. The monoisotopic (exact) mass is 1120 g/mol. The summed E-state index contributed by atoms with van der Waals surface area (Å²) in [5.41, 5.74) is 4.20. The lowest BCUT2D eigenvalue weighted by atomic mass is 9.87. The Morgan fingerprint density at radius 3 is 1.07 bits per heavy atom. The minimum Gasteiger partial charge on any atom is -0.392 e. The largest absolute Gasteiger partial charge is 0.392 e. The van der Waals surface area contributed by atoms with Gasteiger partial charge in [-0.1, -0.05) is 96.1 Å². The van der Waals surface area contributed by atoms with Crippen molar-refractivity contribution in [3.05, 3.63) is 179 Å². The maximum absolute atomic E-state index is 14.3. The van der Waals surface area contributed by atoms with Crippen molar-refractivity contribution in [2.24, 2.45) is 0 Å². The van der Waals surface area contributed by atoms with Gasteiger partial charge in [0.2, 0.25) is 11.8 Å². The van der Waals surface area contributed by atoms with Crippen LogP contribution in [0.5, 0.6) is 0 Å². The minimum atomic E-state index is -1.70. The first-order valence-electron chi connectivity index (χ1n) is 27.2. The average molecular weight is 1120 g/mol. The molecule has 0 aliphatic carbocycles. The first-order valence-corrected chi connectivity index (χ1v) is 27.2. The SMILES string of the molecule is CCOC(CN1C(=O)C(CC(=O)Nc2ccc(C)cc2)(NC(=O)Nc2ccc(CO)cc2)c2ccccc21)OCC.CCOC(CN1C(=O)[C@](CC(=O)Nc2ccc(CO)cc2)(NC(=O)Nc2ccc(C)cc2)c2ccccc21)OCC. The van der Waals surface area contributed by atoms with Gasteiger partial charge < -0.3 is 70.9 Å². The van der Waals surface area contributed by atoms with Crippen LogP contribution in [0.4, 0.5) is 43.7 Å². The van der Waals surface area contributed by atoms with Gasteiger partial charge in [-0.3, -0.25) is 19.2 Å². The molecule has 0 spiro atoms. The van der Waals surface area contributed by atoms with E-state index in [9.17, 15) is 39.0 Å². The second-order valence-corrected chi connectivity index (χ2v) is 19.4.